The minimum atomic E-state index is -0.373. The molecule has 0 fully saturated rings. The van der Waals surface area contributed by atoms with Gasteiger partial charge in [0.05, 0.1) is 5.56 Å². The number of hydrogen-bond donors (Lipinski definition) is 0. The highest BCUT2D eigenvalue weighted by Crippen LogP contribution is 2.15. The van der Waals surface area contributed by atoms with Crippen LogP contribution >= 0.6 is 22.9 Å². The zero-order chi connectivity index (χ0) is 13.0. The van der Waals surface area contributed by atoms with Crippen LogP contribution in [0.5, 0.6) is 0 Å². The van der Waals surface area contributed by atoms with Gasteiger partial charge in [0.25, 0.3) is 0 Å². The number of aryl methyl sites for hydroxylation is 1. The van der Waals surface area contributed by atoms with Crippen LogP contribution in [0.3, 0.4) is 0 Å². The fraction of sp³-hybridized carbons (Fsp3) is 0.231. The highest BCUT2D eigenvalue weighted by Gasteiger charge is 2.10. The van der Waals surface area contributed by atoms with E-state index in [1.807, 2.05) is 24.4 Å². The van der Waals surface area contributed by atoms with Crippen molar-refractivity contribution in [1.29, 1.82) is 0 Å². The molecule has 0 N–H and O–H groups in total. The number of nitrogens with zero attached hydrogens (tertiary/aromatic N) is 1. The molecule has 2 aromatic heterocycles. The number of rotatable bonds is 4. The van der Waals surface area contributed by atoms with Gasteiger partial charge in [0.15, 0.2) is 0 Å². The molecule has 0 aliphatic heterocycles. The number of thiophene rings is 1. The molecule has 0 atom stereocenters. The fourth-order valence-electron chi connectivity index (χ4n) is 1.46. The van der Waals surface area contributed by atoms with Crippen molar-refractivity contribution < 1.29 is 9.53 Å². The number of pyridine rings is 1. The van der Waals surface area contributed by atoms with Crippen LogP contribution in [0.1, 0.15) is 27.9 Å². The van der Waals surface area contributed by atoms with Crippen molar-refractivity contribution in [3.8, 4) is 0 Å². The van der Waals surface area contributed by atoms with E-state index in [0.29, 0.717) is 10.7 Å². The first-order chi connectivity index (χ1) is 8.69. The van der Waals surface area contributed by atoms with Gasteiger partial charge in [0.1, 0.15) is 11.8 Å². The molecule has 94 valence electrons. The second kappa shape index (κ2) is 5.98. The van der Waals surface area contributed by atoms with Crippen LogP contribution in [0.2, 0.25) is 5.15 Å². The molecule has 2 aromatic rings. The van der Waals surface area contributed by atoms with E-state index in [-0.39, 0.29) is 12.6 Å². The molecule has 0 saturated carbocycles. The summed E-state index contributed by atoms with van der Waals surface area (Å²) >= 11 is 7.41. The first-order valence-corrected chi connectivity index (χ1v) is 6.80. The molecule has 0 unspecified atom stereocenters. The molecule has 2 heterocycles. The van der Waals surface area contributed by atoms with E-state index < -0.39 is 0 Å². The summed E-state index contributed by atoms with van der Waals surface area (Å²) in [6.07, 6.45) is 0.728. The van der Waals surface area contributed by atoms with E-state index in [1.54, 1.807) is 17.4 Å². The molecule has 5 heteroatoms. The molecule has 0 amide bonds. The third kappa shape index (κ3) is 3.31. The number of ether oxygens (including phenoxy) is 1. The molecule has 0 saturated heterocycles. The Bertz CT molecular complexity index is 540. The number of carbonyl (C=O) groups excluding carboxylic acids is 1. The standard InChI is InChI=1S/C13H12ClNO2S/c1-2-10-6-9(7-12(14)15-10)13(16)17-8-11-4-3-5-18-11/h3-7H,2,8H2,1H3. The van der Waals surface area contributed by atoms with Crippen LogP contribution in [-0.4, -0.2) is 11.0 Å². The van der Waals surface area contributed by atoms with Gasteiger partial charge in [-0.25, -0.2) is 9.78 Å². The fourth-order valence-corrected chi connectivity index (χ4v) is 2.31. The van der Waals surface area contributed by atoms with Gasteiger partial charge in [-0.2, -0.15) is 0 Å². The minimum Gasteiger partial charge on any atom is -0.456 e. The van der Waals surface area contributed by atoms with Crippen molar-refractivity contribution in [1.82, 2.24) is 4.98 Å². The van der Waals surface area contributed by atoms with Crippen molar-refractivity contribution in [2.24, 2.45) is 0 Å². The Balaban J connectivity index is 2.06. The van der Waals surface area contributed by atoms with Crippen LogP contribution in [0, 0.1) is 0 Å². The molecular formula is C13H12ClNO2S. The average Bonchev–Trinajstić information content (AvgIpc) is 2.88. The first kappa shape index (κ1) is 13.1. The predicted octanol–water partition coefficient (Wildman–Crippen LogP) is 3.72. The van der Waals surface area contributed by atoms with Crippen molar-refractivity contribution in [2.75, 3.05) is 0 Å². The van der Waals surface area contributed by atoms with Gasteiger partial charge in [0.2, 0.25) is 0 Å². The zero-order valence-electron chi connectivity index (χ0n) is 9.85. The van der Waals surface area contributed by atoms with Crippen molar-refractivity contribution in [3.63, 3.8) is 0 Å². The topological polar surface area (TPSA) is 39.2 Å². The molecule has 0 spiro atoms. The maximum Gasteiger partial charge on any atom is 0.338 e. The summed E-state index contributed by atoms with van der Waals surface area (Å²) in [5.41, 5.74) is 1.23. The van der Waals surface area contributed by atoms with Crippen LogP contribution in [0.4, 0.5) is 0 Å². The Morgan fingerprint density at radius 3 is 3.00 bits per heavy atom. The zero-order valence-corrected chi connectivity index (χ0v) is 11.4. The third-order valence-electron chi connectivity index (χ3n) is 2.37. The van der Waals surface area contributed by atoms with Crippen LogP contribution in [-0.2, 0) is 17.8 Å². The van der Waals surface area contributed by atoms with E-state index in [2.05, 4.69) is 4.98 Å². The minimum absolute atomic E-state index is 0.290. The van der Waals surface area contributed by atoms with Crippen LogP contribution < -0.4 is 0 Å². The van der Waals surface area contributed by atoms with Gasteiger partial charge >= 0.3 is 5.97 Å². The van der Waals surface area contributed by atoms with Crippen LogP contribution in [0.15, 0.2) is 29.6 Å². The summed E-state index contributed by atoms with van der Waals surface area (Å²) in [5.74, 6) is -0.373. The Morgan fingerprint density at radius 2 is 2.33 bits per heavy atom. The molecule has 0 aliphatic carbocycles. The molecule has 3 nitrogen and oxygen atoms in total. The molecule has 18 heavy (non-hydrogen) atoms. The lowest BCUT2D eigenvalue weighted by atomic mass is 10.2. The van der Waals surface area contributed by atoms with Crippen molar-refractivity contribution in [3.05, 3.63) is 50.9 Å². The third-order valence-corrected chi connectivity index (χ3v) is 3.41. The summed E-state index contributed by atoms with van der Waals surface area (Å²) in [6.45, 7) is 2.25. The largest absolute Gasteiger partial charge is 0.456 e. The average molecular weight is 282 g/mol. The number of carbonyl (C=O) groups is 1. The maximum absolute atomic E-state index is 11.9. The lowest BCUT2D eigenvalue weighted by molar-refractivity contribution is 0.0476. The van der Waals surface area contributed by atoms with E-state index in [4.69, 9.17) is 16.3 Å². The predicted molar refractivity (Wildman–Crippen MR) is 72.1 cm³/mol. The summed E-state index contributed by atoms with van der Waals surface area (Å²) in [7, 11) is 0. The quantitative estimate of drug-likeness (QED) is 0.633. The monoisotopic (exact) mass is 281 g/mol. The molecule has 2 rings (SSSR count). The van der Waals surface area contributed by atoms with E-state index in [9.17, 15) is 4.79 Å². The molecule has 0 aromatic carbocycles. The normalized spacial score (nSPS) is 10.3. The highest BCUT2D eigenvalue weighted by molar-refractivity contribution is 7.09. The van der Waals surface area contributed by atoms with Gasteiger partial charge in [-0.1, -0.05) is 24.6 Å². The van der Waals surface area contributed by atoms with Gasteiger partial charge < -0.3 is 4.74 Å². The Morgan fingerprint density at radius 1 is 1.50 bits per heavy atom. The van der Waals surface area contributed by atoms with E-state index in [0.717, 1.165) is 17.0 Å². The molecule has 0 aliphatic rings. The van der Waals surface area contributed by atoms with Gasteiger partial charge in [-0.15, -0.1) is 11.3 Å². The summed E-state index contributed by atoms with van der Waals surface area (Å²) in [4.78, 5) is 17.0. The molecular weight excluding hydrogens is 270 g/mol. The number of halogens is 1. The summed E-state index contributed by atoms with van der Waals surface area (Å²) in [5, 5.41) is 2.26. The van der Waals surface area contributed by atoms with Gasteiger partial charge in [-0.3, -0.25) is 0 Å². The molecule has 0 radical (unpaired) electrons. The SMILES string of the molecule is CCc1cc(C(=O)OCc2cccs2)cc(Cl)n1. The Labute approximate surface area is 114 Å². The van der Waals surface area contributed by atoms with Crippen molar-refractivity contribution in [2.45, 2.75) is 20.0 Å². The summed E-state index contributed by atoms with van der Waals surface area (Å²) in [6, 6.07) is 7.08. The van der Waals surface area contributed by atoms with Gasteiger partial charge in [-0.05, 0) is 30.0 Å². The Hall–Kier alpha value is -1.39. The van der Waals surface area contributed by atoms with Crippen molar-refractivity contribution >= 4 is 28.9 Å². The number of hydrogen-bond acceptors (Lipinski definition) is 4. The maximum atomic E-state index is 11.9. The lowest BCUT2D eigenvalue weighted by Gasteiger charge is -2.05. The van der Waals surface area contributed by atoms with E-state index in [1.165, 1.54) is 6.07 Å². The number of esters is 1. The van der Waals surface area contributed by atoms with Crippen LogP contribution in [0.25, 0.3) is 0 Å². The number of aromatic nitrogens is 1. The Kier molecular flexibility index (Phi) is 4.33. The van der Waals surface area contributed by atoms with E-state index >= 15 is 0 Å². The lowest BCUT2D eigenvalue weighted by Crippen LogP contribution is -2.06. The second-order valence-electron chi connectivity index (χ2n) is 3.68. The smallest absolute Gasteiger partial charge is 0.338 e. The second-order valence-corrected chi connectivity index (χ2v) is 5.10. The summed E-state index contributed by atoms with van der Waals surface area (Å²) < 4.78 is 5.21. The first-order valence-electron chi connectivity index (χ1n) is 5.55. The van der Waals surface area contributed by atoms with Gasteiger partial charge in [0, 0.05) is 10.6 Å². The molecule has 0 bridgehead atoms. The highest BCUT2D eigenvalue weighted by atomic mass is 35.5.